The van der Waals surface area contributed by atoms with E-state index >= 15 is 0 Å². The van der Waals surface area contributed by atoms with Crippen molar-refractivity contribution in [1.29, 1.82) is 0 Å². The molecule has 2 aromatic carbocycles. The van der Waals surface area contributed by atoms with E-state index in [1.807, 2.05) is 0 Å². The topological polar surface area (TPSA) is 102 Å². The van der Waals surface area contributed by atoms with Crippen molar-refractivity contribution in [3.8, 4) is 0 Å². The van der Waals surface area contributed by atoms with Gasteiger partial charge < -0.3 is 14.8 Å². The SMILES string of the molecule is COCCCN1C(=O)c2ccc(C(=O)O[C@H](C)C(=O)Nc3ccc(Cl)cc3)cc2C1=O. The molecule has 0 saturated carbocycles. The van der Waals surface area contributed by atoms with E-state index in [2.05, 4.69) is 5.32 Å². The van der Waals surface area contributed by atoms with Gasteiger partial charge in [0.25, 0.3) is 17.7 Å². The van der Waals surface area contributed by atoms with E-state index in [0.717, 1.165) is 4.90 Å². The Balaban J connectivity index is 1.65. The lowest BCUT2D eigenvalue weighted by Crippen LogP contribution is -2.31. The highest BCUT2D eigenvalue weighted by atomic mass is 35.5. The van der Waals surface area contributed by atoms with Gasteiger partial charge in [-0.1, -0.05) is 11.6 Å². The summed E-state index contributed by atoms with van der Waals surface area (Å²) in [7, 11) is 1.54. The molecule has 2 aromatic rings. The summed E-state index contributed by atoms with van der Waals surface area (Å²) in [5.41, 5.74) is 0.944. The Labute approximate surface area is 184 Å². The number of imide groups is 1. The van der Waals surface area contributed by atoms with Crippen molar-refractivity contribution in [1.82, 2.24) is 4.90 Å². The van der Waals surface area contributed by atoms with E-state index in [1.165, 1.54) is 32.2 Å². The summed E-state index contributed by atoms with van der Waals surface area (Å²) in [5, 5.41) is 3.15. The van der Waals surface area contributed by atoms with Crippen molar-refractivity contribution in [3.63, 3.8) is 0 Å². The van der Waals surface area contributed by atoms with E-state index in [4.69, 9.17) is 21.1 Å². The Hall–Kier alpha value is -3.23. The Bertz CT molecular complexity index is 1020. The van der Waals surface area contributed by atoms with Crippen LogP contribution >= 0.6 is 11.6 Å². The summed E-state index contributed by atoms with van der Waals surface area (Å²) in [6, 6.07) is 10.6. The average Bonchev–Trinajstić information content (AvgIpc) is 2.99. The molecule has 3 rings (SSSR count). The van der Waals surface area contributed by atoms with E-state index in [9.17, 15) is 19.2 Å². The summed E-state index contributed by atoms with van der Waals surface area (Å²) in [6.07, 6.45) is -0.573. The van der Waals surface area contributed by atoms with Crippen LogP contribution in [0.5, 0.6) is 0 Å². The fourth-order valence-corrected chi connectivity index (χ4v) is 3.17. The van der Waals surface area contributed by atoms with Gasteiger partial charge in [-0.05, 0) is 55.8 Å². The third kappa shape index (κ3) is 5.10. The number of amides is 3. The lowest BCUT2D eigenvalue weighted by Gasteiger charge is -2.14. The third-order valence-corrected chi connectivity index (χ3v) is 4.95. The number of benzene rings is 2. The molecule has 0 radical (unpaired) electrons. The number of nitrogens with one attached hydrogen (secondary N) is 1. The average molecular weight is 445 g/mol. The van der Waals surface area contributed by atoms with Gasteiger partial charge in [-0.15, -0.1) is 0 Å². The van der Waals surface area contributed by atoms with E-state index in [0.29, 0.717) is 23.7 Å². The lowest BCUT2D eigenvalue weighted by molar-refractivity contribution is -0.123. The van der Waals surface area contributed by atoms with Crippen LogP contribution in [0.4, 0.5) is 5.69 Å². The molecular formula is C22H21ClN2O6. The molecule has 162 valence electrons. The van der Waals surface area contributed by atoms with Crippen LogP contribution in [0.15, 0.2) is 42.5 Å². The van der Waals surface area contributed by atoms with Crippen LogP contribution in [0.3, 0.4) is 0 Å². The fourth-order valence-electron chi connectivity index (χ4n) is 3.05. The van der Waals surface area contributed by atoms with Gasteiger partial charge in [0.1, 0.15) is 0 Å². The second kappa shape index (κ2) is 9.72. The molecule has 0 aromatic heterocycles. The second-order valence-electron chi connectivity index (χ2n) is 6.91. The van der Waals surface area contributed by atoms with Crippen LogP contribution < -0.4 is 5.32 Å². The minimum Gasteiger partial charge on any atom is -0.449 e. The predicted molar refractivity (Wildman–Crippen MR) is 113 cm³/mol. The smallest absolute Gasteiger partial charge is 0.338 e. The highest BCUT2D eigenvalue weighted by molar-refractivity contribution is 6.30. The maximum atomic E-state index is 12.6. The van der Waals surface area contributed by atoms with Crippen LogP contribution in [0, 0.1) is 0 Å². The standard InChI is InChI=1S/C22H21ClN2O6/c1-13(19(26)24-16-7-5-15(23)6-8-16)31-22(29)14-4-9-17-18(12-14)21(28)25(20(17)27)10-3-11-30-2/h4-9,12-13H,3,10-11H2,1-2H3,(H,24,26)/t13-/m1/s1. The zero-order valence-corrected chi connectivity index (χ0v) is 17.8. The minimum absolute atomic E-state index is 0.0739. The molecule has 0 unspecified atom stereocenters. The van der Waals surface area contributed by atoms with E-state index < -0.39 is 29.8 Å². The molecule has 0 aliphatic carbocycles. The van der Waals surface area contributed by atoms with E-state index in [-0.39, 0.29) is 23.2 Å². The molecule has 0 saturated heterocycles. The number of anilines is 1. The van der Waals surface area contributed by atoms with Crippen LogP contribution in [-0.4, -0.2) is 55.0 Å². The number of hydrogen-bond acceptors (Lipinski definition) is 6. The molecule has 1 N–H and O–H groups in total. The monoisotopic (exact) mass is 444 g/mol. The van der Waals surface area contributed by atoms with Gasteiger partial charge in [0, 0.05) is 31.0 Å². The van der Waals surface area contributed by atoms with Gasteiger partial charge in [0.15, 0.2) is 6.10 Å². The first-order valence-electron chi connectivity index (χ1n) is 9.58. The van der Waals surface area contributed by atoms with Gasteiger partial charge in [0.2, 0.25) is 0 Å². The van der Waals surface area contributed by atoms with Gasteiger partial charge >= 0.3 is 5.97 Å². The van der Waals surface area contributed by atoms with Crippen LogP contribution in [0.2, 0.25) is 5.02 Å². The molecule has 3 amide bonds. The molecule has 31 heavy (non-hydrogen) atoms. The maximum absolute atomic E-state index is 12.6. The molecule has 1 heterocycles. The molecule has 0 spiro atoms. The number of ether oxygens (including phenoxy) is 2. The van der Waals surface area contributed by atoms with Crippen molar-refractivity contribution in [2.75, 3.05) is 25.6 Å². The predicted octanol–water partition coefficient (Wildman–Crippen LogP) is 3.16. The number of nitrogens with zero attached hydrogens (tertiary/aromatic N) is 1. The maximum Gasteiger partial charge on any atom is 0.338 e. The van der Waals surface area contributed by atoms with Gasteiger partial charge in [-0.25, -0.2) is 4.79 Å². The normalized spacial score (nSPS) is 13.7. The summed E-state index contributed by atoms with van der Waals surface area (Å²) in [5.74, 6) is -2.18. The van der Waals surface area contributed by atoms with E-state index in [1.54, 1.807) is 24.3 Å². The van der Waals surface area contributed by atoms with Crippen molar-refractivity contribution in [2.24, 2.45) is 0 Å². The summed E-state index contributed by atoms with van der Waals surface area (Å²) in [4.78, 5) is 50.9. The van der Waals surface area contributed by atoms with Crippen molar-refractivity contribution in [2.45, 2.75) is 19.4 Å². The fraction of sp³-hybridized carbons (Fsp3) is 0.273. The zero-order valence-electron chi connectivity index (χ0n) is 17.0. The molecule has 1 atom stereocenters. The zero-order chi connectivity index (χ0) is 22.5. The number of fused-ring (bicyclic) bond motifs is 1. The van der Waals surface area contributed by atoms with Crippen LogP contribution in [0.1, 0.15) is 44.4 Å². The molecule has 1 aliphatic rings. The van der Waals surface area contributed by atoms with Crippen LogP contribution in [0.25, 0.3) is 0 Å². The first kappa shape index (κ1) is 22.5. The van der Waals surface area contributed by atoms with Crippen molar-refractivity contribution >= 4 is 41.0 Å². The summed E-state index contributed by atoms with van der Waals surface area (Å²) < 4.78 is 10.2. The van der Waals surface area contributed by atoms with Gasteiger partial charge in [-0.2, -0.15) is 0 Å². The quantitative estimate of drug-likeness (QED) is 0.381. The lowest BCUT2D eigenvalue weighted by atomic mass is 10.1. The number of hydrogen-bond donors (Lipinski definition) is 1. The van der Waals surface area contributed by atoms with Gasteiger partial charge in [0.05, 0.1) is 16.7 Å². The summed E-state index contributed by atoms with van der Waals surface area (Å²) in [6.45, 7) is 2.07. The highest BCUT2D eigenvalue weighted by Crippen LogP contribution is 2.25. The van der Waals surface area contributed by atoms with Crippen molar-refractivity contribution in [3.05, 3.63) is 64.2 Å². The van der Waals surface area contributed by atoms with Gasteiger partial charge in [-0.3, -0.25) is 19.3 Å². The number of rotatable bonds is 8. The number of halogens is 1. The first-order valence-corrected chi connectivity index (χ1v) is 9.96. The third-order valence-electron chi connectivity index (χ3n) is 4.70. The molecular weight excluding hydrogens is 424 g/mol. The number of carbonyl (C=O) groups is 4. The molecule has 0 fully saturated rings. The Morgan fingerprint density at radius 3 is 2.42 bits per heavy atom. The molecule has 0 bridgehead atoms. The van der Waals surface area contributed by atoms with Crippen LogP contribution in [-0.2, 0) is 14.3 Å². The Kier molecular flexibility index (Phi) is 7.04. The molecule has 8 nitrogen and oxygen atoms in total. The Morgan fingerprint density at radius 1 is 1.06 bits per heavy atom. The second-order valence-corrected chi connectivity index (χ2v) is 7.35. The largest absolute Gasteiger partial charge is 0.449 e. The molecule has 1 aliphatic heterocycles. The molecule has 9 heteroatoms. The number of carbonyl (C=O) groups excluding carboxylic acids is 4. The minimum atomic E-state index is -1.08. The highest BCUT2D eigenvalue weighted by Gasteiger charge is 2.35. The summed E-state index contributed by atoms with van der Waals surface area (Å²) >= 11 is 5.81. The van der Waals surface area contributed by atoms with Crippen molar-refractivity contribution < 1.29 is 28.7 Å². The Morgan fingerprint density at radius 2 is 1.74 bits per heavy atom. The number of esters is 1. The number of methoxy groups -OCH3 is 1. The first-order chi connectivity index (χ1) is 14.8.